The molecule has 3 heterocycles. The smallest absolute Gasteiger partial charge is 0.164 e. The van der Waals surface area contributed by atoms with Gasteiger partial charge in [0, 0.05) is 40.2 Å². The van der Waals surface area contributed by atoms with Crippen LogP contribution in [0.25, 0.3) is 66.9 Å². The Morgan fingerprint density at radius 2 is 0.926 bits per heavy atom. The van der Waals surface area contributed by atoms with Gasteiger partial charge in [0.2, 0.25) is 0 Å². The molecule has 4 nitrogen and oxygen atoms in total. The summed E-state index contributed by atoms with van der Waals surface area (Å²) in [6.45, 7) is 0. The minimum Gasteiger partial charge on any atom is -0.455 e. The number of hydrogen-bond donors (Lipinski definition) is 0. The molecule has 0 bridgehead atoms. The lowest BCUT2D eigenvalue weighted by Crippen LogP contribution is -2.32. The molecular formula is C50H31N3O. The maximum atomic E-state index is 7.31. The zero-order valence-corrected chi connectivity index (χ0v) is 29.1. The van der Waals surface area contributed by atoms with Crippen molar-refractivity contribution in [3.63, 3.8) is 0 Å². The van der Waals surface area contributed by atoms with Crippen LogP contribution in [0.15, 0.2) is 188 Å². The molecule has 9 aromatic rings. The largest absolute Gasteiger partial charge is 0.455 e. The quantitative estimate of drug-likeness (QED) is 0.185. The molecule has 0 amide bonds. The third-order valence-corrected chi connectivity index (χ3v) is 11.1. The van der Waals surface area contributed by atoms with Gasteiger partial charge in [-0.1, -0.05) is 146 Å². The van der Waals surface area contributed by atoms with Crippen LogP contribution in [0.5, 0.6) is 11.5 Å². The van der Waals surface area contributed by atoms with Crippen molar-refractivity contribution in [3.8, 4) is 67.7 Å². The summed E-state index contributed by atoms with van der Waals surface area (Å²) in [5, 5.41) is 2.35. The van der Waals surface area contributed by atoms with E-state index in [2.05, 4.69) is 163 Å². The number of ether oxygens (including phenoxy) is 1. The van der Waals surface area contributed by atoms with Crippen molar-refractivity contribution in [1.29, 1.82) is 0 Å². The van der Waals surface area contributed by atoms with Crippen LogP contribution >= 0.6 is 0 Å². The lowest BCUT2D eigenvalue weighted by atomic mass is 9.65. The second-order valence-corrected chi connectivity index (χ2v) is 13.9. The van der Waals surface area contributed by atoms with Crippen LogP contribution in [-0.2, 0) is 5.41 Å². The van der Waals surface area contributed by atoms with E-state index in [0.29, 0.717) is 5.82 Å². The fourth-order valence-electron chi connectivity index (χ4n) is 8.70. The molecule has 11 rings (SSSR count). The molecule has 0 atom stereocenters. The standard InChI is InChI=1S/C50H31N3O/c1-2-13-34(14-3-1)45-31-46(36-25-24-32-12-4-5-15-35(32)30-36)53-49(52-45)40-19-11-23-44-48(40)54-47-37(33-26-28-51-29-27-33)18-10-22-43(47)50(44)41-20-8-6-16-38(41)39-17-7-9-21-42(39)50/h1-31H. The molecule has 1 aliphatic heterocycles. The molecule has 54 heavy (non-hydrogen) atoms. The Balaban J connectivity index is 1.22. The second kappa shape index (κ2) is 11.9. The van der Waals surface area contributed by atoms with Gasteiger partial charge in [-0.15, -0.1) is 0 Å². The van der Waals surface area contributed by atoms with E-state index in [-0.39, 0.29) is 0 Å². The van der Waals surface area contributed by atoms with E-state index in [0.717, 1.165) is 67.2 Å². The topological polar surface area (TPSA) is 47.9 Å². The molecule has 0 saturated heterocycles. The molecular weight excluding hydrogens is 659 g/mol. The maximum Gasteiger partial charge on any atom is 0.164 e. The zero-order valence-electron chi connectivity index (χ0n) is 29.1. The van der Waals surface area contributed by atoms with E-state index in [9.17, 15) is 0 Å². The highest BCUT2D eigenvalue weighted by Gasteiger charge is 2.52. The van der Waals surface area contributed by atoms with Crippen LogP contribution in [0.2, 0.25) is 0 Å². The molecule has 2 aromatic heterocycles. The lowest BCUT2D eigenvalue weighted by molar-refractivity contribution is 0.439. The molecule has 252 valence electrons. The highest BCUT2D eigenvalue weighted by atomic mass is 16.5. The first-order chi connectivity index (χ1) is 26.8. The van der Waals surface area contributed by atoms with Gasteiger partial charge in [0.05, 0.1) is 22.4 Å². The summed E-state index contributed by atoms with van der Waals surface area (Å²) in [5.74, 6) is 2.19. The third-order valence-electron chi connectivity index (χ3n) is 11.1. The normalized spacial score (nSPS) is 13.1. The summed E-state index contributed by atoms with van der Waals surface area (Å²) >= 11 is 0. The van der Waals surface area contributed by atoms with E-state index in [4.69, 9.17) is 14.7 Å². The predicted molar refractivity (Wildman–Crippen MR) is 216 cm³/mol. The predicted octanol–water partition coefficient (Wildman–Crippen LogP) is 12.2. The molecule has 0 fully saturated rings. The summed E-state index contributed by atoms with van der Waals surface area (Å²) < 4.78 is 7.31. The fourth-order valence-corrected chi connectivity index (χ4v) is 8.70. The van der Waals surface area contributed by atoms with E-state index in [1.165, 1.54) is 27.6 Å². The molecule has 1 spiro atoms. The molecule has 0 N–H and O–H groups in total. The van der Waals surface area contributed by atoms with Crippen molar-refractivity contribution in [2.75, 3.05) is 0 Å². The SMILES string of the molecule is c1ccc(-c2cc(-c3ccc4ccccc4c3)nc(-c3cccc4c3Oc3c(-c5ccncc5)cccc3C43c4ccccc4-c4ccccc43)n2)cc1. The van der Waals surface area contributed by atoms with E-state index in [1.54, 1.807) is 0 Å². The van der Waals surface area contributed by atoms with E-state index in [1.807, 2.05) is 30.6 Å². The maximum absolute atomic E-state index is 7.31. The van der Waals surface area contributed by atoms with Gasteiger partial charge in [0.1, 0.15) is 11.5 Å². The van der Waals surface area contributed by atoms with Crippen molar-refractivity contribution < 1.29 is 4.74 Å². The minimum atomic E-state index is -0.645. The first-order valence-electron chi connectivity index (χ1n) is 18.3. The Morgan fingerprint density at radius 3 is 1.65 bits per heavy atom. The van der Waals surface area contributed by atoms with Crippen molar-refractivity contribution in [2.45, 2.75) is 5.41 Å². The Bertz CT molecular complexity index is 2870. The summed E-state index contributed by atoms with van der Waals surface area (Å²) in [7, 11) is 0. The van der Waals surface area contributed by atoms with Gasteiger partial charge in [-0.2, -0.15) is 0 Å². The molecule has 0 saturated carbocycles. The summed E-state index contributed by atoms with van der Waals surface area (Å²) in [5.41, 5.74) is 13.1. The number of fused-ring (bicyclic) bond motifs is 10. The van der Waals surface area contributed by atoms with Crippen molar-refractivity contribution in [2.24, 2.45) is 0 Å². The Kier molecular flexibility index (Phi) is 6.73. The minimum absolute atomic E-state index is 0.607. The van der Waals surface area contributed by atoms with Gasteiger partial charge < -0.3 is 4.74 Å². The number of benzene rings is 7. The van der Waals surface area contributed by atoms with Crippen LogP contribution in [0.1, 0.15) is 22.3 Å². The van der Waals surface area contributed by atoms with Crippen molar-refractivity contribution in [3.05, 3.63) is 211 Å². The molecule has 4 heteroatoms. The van der Waals surface area contributed by atoms with Crippen LogP contribution in [-0.4, -0.2) is 15.0 Å². The average Bonchev–Trinajstić information content (AvgIpc) is 3.54. The molecule has 0 unspecified atom stereocenters. The first kappa shape index (κ1) is 30.5. The molecule has 1 aliphatic carbocycles. The number of hydrogen-bond acceptors (Lipinski definition) is 4. The summed E-state index contributed by atoms with van der Waals surface area (Å²) in [6.07, 6.45) is 3.67. The number of rotatable bonds is 4. The van der Waals surface area contributed by atoms with Gasteiger partial charge in [0.25, 0.3) is 0 Å². The Hall–Kier alpha value is -7.17. The fraction of sp³-hybridized carbons (Fsp3) is 0.0200. The molecule has 7 aromatic carbocycles. The van der Waals surface area contributed by atoms with Gasteiger partial charge >= 0.3 is 0 Å². The average molecular weight is 690 g/mol. The van der Waals surface area contributed by atoms with Crippen LogP contribution in [0.3, 0.4) is 0 Å². The number of aromatic nitrogens is 3. The summed E-state index contributed by atoms with van der Waals surface area (Å²) in [4.78, 5) is 15.0. The van der Waals surface area contributed by atoms with Crippen LogP contribution in [0, 0.1) is 0 Å². The number of pyridine rings is 1. The second-order valence-electron chi connectivity index (χ2n) is 13.9. The monoisotopic (exact) mass is 689 g/mol. The van der Waals surface area contributed by atoms with Crippen molar-refractivity contribution >= 4 is 10.8 Å². The van der Waals surface area contributed by atoms with E-state index < -0.39 is 5.41 Å². The highest BCUT2D eigenvalue weighted by molar-refractivity contribution is 5.92. The number of nitrogens with zero attached hydrogens (tertiary/aromatic N) is 3. The van der Waals surface area contributed by atoms with E-state index >= 15 is 0 Å². The van der Waals surface area contributed by atoms with Crippen molar-refractivity contribution in [1.82, 2.24) is 15.0 Å². The van der Waals surface area contributed by atoms with Gasteiger partial charge in [-0.05, 0) is 68.9 Å². The summed E-state index contributed by atoms with van der Waals surface area (Å²) in [6, 6.07) is 62.1. The molecule has 0 radical (unpaired) electrons. The first-order valence-corrected chi connectivity index (χ1v) is 18.3. The van der Waals surface area contributed by atoms with Gasteiger partial charge in [-0.25, -0.2) is 9.97 Å². The Labute approximate surface area is 313 Å². The van der Waals surface area contributed by atoms with Crippen LogP contribution in [0.4, 0.5) is 0 Å². The number of para-hydroxylation sites is 2. The van der Waals surface area contributed by atoms with Gasteiger partial charge in [0.15, 0.2) is 5.82 Å². The van der Waals surface area contributed by atoms with Crippen LogP contribution < -0.4 is 4.74 Å². The third kappa shape index (κ3) is 4.47. The molecule has 2 aliphatic rings. The highest BCUT2D eigenvalue weighted by Crippen LogP contribution is 2.64. The lowest BCUT2D eigenvalue weighted by Gasteiger charge is -2.40. The van der Waals surface area contributed by atoms with Gasteiger partial charge in [-0.3, -0.25) is 4.98 Å². The zero-order chi connectivity index (χ0) is 35.6. The Morgan fingerprint density at radius 1 is 0.370 bits per heavy atom.